The van der Waals surface area contributed by atoms with E-state index in [-0.39, 0.29) is 6.08 Å². The van der Waals surface area contributed by atoms with Crippen molar-refractivity contribution in [3.63, 3.8) is 0 Å². The monoisotopic (exact) mass is 317 g/mol. The molecule has 0 unspecified atom stereocenters. The third-order valence-electron chi connectivity index (χ3n) is 1.48. The first kappa shape index (κ1) is 9.73. The van der Waals surface area contributed by atoms with Gasteiger partial charge >= 0.3 is 6.08 Å². The number of nitrogens with zero attached hydrogens (tertiary/aromatic N) is 1. The van der Waals surface area contributed by atoms with E-state index in [4.69, 9.17) is 9.15 Å². The molecule has 0 atom stereocenters. The molecule has 1 heterocycles. The van der Waals surface area contributed by atoms with E-state index < -0.39 is 0 Å². The van der Waals surface area contributed by atoms with Crippen LogP contribution < -0.4 is 4.74 Å². The van der Waals surface area contributed by atoms with Crippen LogP contribution in [0.3, 0.4) is 0 Å². The molecule has 0 spiro atoms. The summed E-state index contributed by atoms with van der Waals surface area (Å²) in [6.45, 7) is 0. The molecule has 3 nitrogen and oxygen atoms in total. The van der Waals surface area contributed by atoms with E-state index in [1.165, 1.54) is 6.20 Å². The van der Waals surface area contributed by atoms with Gasteiger partial charge in [0.25, 0.3) is 0 Å². The molecule has 0 aliphatic heterocycles. The van der Waals surface area contributed by atoms with E-state index in [2.05, 4.69) is 36.8 Å². The van der Waals surface area contributed by atoms with Gasteiger partial charge in [0.1, 0.15) is 5.75 Å². The van der Waals surface area contributed by atoms with Gasteiger partial charge in [0.2, 0.25) is 0 Å². The highest BCUT2D eigenvalue weighted by molar-refractivity contribution is 9.10. The van der Waals surface area contributed by atoms with Crippen LogP contribution in [0, 0.1) is 0 Å². The van der Waals surface area contributed by atoms with E-state index in [1.807, 2.05) is 24.3 Å². The van der Waals surface area contributed by atoms with Crippen molar-refractivity contribution in [1.29, 1.82) is 0 Å². The highest BCUT2D eigenvalue weighted by atomic mass is 79.9. The predicted octanol–water partition coefficient (Wildman–Crippen LogP) is 3.99. The first-order valence-corrected chi connectivity index (χ1v) is 5.37. The van der Waals surface area contributed by atoms with Crippen LogP contribution in [-0.2, 0) is 0 Å². The number of rotatable bonds is 2. The molecule has 72 valence electrons. The molecule has 0 fully saturated rings. The molecule has 14 heavy (non-hydrogen) atoms. The fourth-order valence-electron chi connectivity index (χ4n) is 0.890. The maximum absolute atomic E-state index is 5.33. The van der Waals surface area contributed by atoms with Crippen molar-refractivity contribution >= 4 is 31.9 Å². The van der Waals surface area contributed by atoms with E-state index in [0.717, 1.165) is 4.47 Å². The SMILES string of the molecule is Brc1ccc(Oc2ncc(Br)o2)cc1. The normalized spacial score (nSPS) is 10.1. The van der Waals surface area contributed by atoms with Crippen molar-refractivity contribution in [1.82, 2.24) is 4.98 Å². The minimum absolute atomic E-state index is 0.221. The summed E-state index contributed by atoms with van der Waals surface area (Å²) in [4.78, 5) is 3.89. The molecule has 0 aliphatic rings. The largest absolute Gasteiger partial charge is 0.411 e. The molecule has 0 radical (unpaired) electrons. The van der Waals surface area contributed by atoms with Crippen LogP contribution in [0.1, 0.15) is 0 Å². The van der Waals surface area contributed by atoms with E-state index in [9.17, 15) is 0 Å². The molecule has 0 aliphatic carbocycles. The van der Waals surface area contributed by atoms with Gasteiger partial charge in [0, 0.05) is 4.47 Å². The number of ether oxygens (including phenoxy) is 1. The first-order valence-electron chi connectivity index (χ1n) is 3.79. The second-order valence-corrected chi connectivity index (χ2v) is 4.18. The fraction of sp³-hybridized carbons (Fsp3) is 0. The van der Waals surface area contributed by atoms with Gasteiger partial charge < -0.3 is 9.15 Å². The Balaban J connectivity index is 2.15. The summed E-state index contributed by atoms with van der Waals surface area (Å²) in [5, 5.41) is 0. The van der Waals surface area contributed by atoms with Crippen LogP contribution in [0.4, 0.5) is 0 Å². The summed E-state index contributed by atoms with van der Waals surface area (Å²) in [5.74, 6) is 0.683. The summed E-state index contributed by atoms with van der Waals surface area (Å²) in [7, 11) is 0. The fourth-order valence-corrected chi connectivity index (χ4v) is 1.40. The molecular formula is C9H5Br2NO2. The molecule has 1 aromatic heterocycles. The Labute approximate surface area is 97.4 Å². The van der Waals surface area contributed by atoms with Gasteiger partial charge in [-0.05, 0) is 40.2 Å². The second-order valence-electron chi connectivity index (χ2n) is 2.49. The highest BCUT2D eigenvalue weighted by Gasteiger charge is 2.03. The van der Waals surface area contributed by atoms with E-state index in [0.29, 0.717) is 10.4 Å². The Hall–Kier alpha value is -0.810. The lowest BCUT2D eigenvalue weighted by atomic mass is 10.3. The van der Waals surface area contributed by atoms with Crippen molar-refractivity contribution in [2.24, 2.45) is 0 Å². The van der Waals surface area contributed by atoms with Gasteiger partial charge in [-0.1, -0.05) is 15.9 Å². The second kappa shape index (κ2) is 4.14. The van der Waals surface area contributed by atoms with Crippen LogP contribution in [-0.4, -0.2) is 4.98 Å². The van der Waals surface area contributed by atoms with Crippen LogP contribution in [0.2, 0.25) is 0 Å². The lowest BCUT2D eigenvalue weighted by molar-refractivity contribution is 0.323. The molecule has 5 heteroatoms. The number of oxazole rings is 1. The van der Waals surface area contributed by atoms with Crippen molar-refractivity contribution in [3.05, 3.63) is 39.6 Å². The van der Waals surface area contributed by atoms with Gasteiger partial charge in [0.05, 0.1) is 6.20 Å². The molecule has 2 rings (SSSR count). The summed E-state index contributed by atoms with van der Waals surface area (Å²) >= 11 is 6.47. The molecule has 0 N–H and O–H groups in total. The number of halogens is 2. The third kappa shape index (κ3) is 2.36. The molecular weight excluding hydrogens is 314 g/mol. The molecule has 0 saturated carbocycles. The average molecular weight is 319 g/mol. The average Bonchev–Trinajstić information content (AvgIpc) is 2.56. The minimum atomic E-state index is 0.221. The Morgan fingerprint density at radius 2 is 1.86 bits per heavy atom. The number of benzene rings is 1. The van der Waals surface area contributed by atoms with Gasteiger partial charge in [-0.2, -0.15) is 4.98 Å². The van der Waals surface area contributed by atoms with Crippen molar-refractivity contribution in [2.45, 2.75) is 0 Å². The Kier molecular flexibility index (Phi) is 2.88. The topological polar surface area (TPSA) is 35.3 Å². The Morgan fingerprint density at radius 1 is 1.14 bits per heavy atom. The summed E-state index contributed by atoms with van der Waals surface area (Å²) in [6.07, 6.45) is 1.76. The minimum Gasteiger partial charge on any atom is -0.411 e. The maximum atomic E-state index is 5.33. The van der Waals surface area contributed by atoms with E-state index >= 15 is 0 Å². The third-order valence-corrected chi connectivity index (χ3v) is 2.37. The zero-order valence-corrected chi connectivity index (χ0v) is 10.1. The molecule has 2 aromatic rings. The standard InChI is InChI=1S/C9H5Br2NO2/c10-6-1-3-7(4-2-6)13-9-12-5-8(11)14-9/h1-5H. The Bertz CT molecular complexity index is 425. The van der Waals surface area contributed by atoms with Gasteiger partial charge in [-0.3, -0.25) is 0 Å². The smallest absolute Gasteiger partial charge is 0.400 e. The zero-order valence-electron chi connectivity index (χ0n) is 6.91. The number of hydrogen-bond donors (Lipinski definition) is 0. The Morgan fingerprint density at radius 3 is 2.43 bits per heavy atom. The quantitative estimate of drug-likeness (QED) is 0.839. The van der Waals surface area contributed by atoms with Gasteiger partial charge in [-0.25, -0.2) is 0 Å². The lowest BCUT2D eigenvalue weighted by Gasteiger charge is -1.99. The zero-order chi connectivity index (χ0) is 9.97. The molecule has 0 bridgehead atoms. The number of aromatic nitrogens is 1. The maximum Gasteiger partial charge on any atom is 0.400 e. The van der Waals surface area contributed by atoms with Crippen LogP contribution in [0.15, 0.2) is 44.0 Å². The van der Waals surface area contributed by atoms with Gasteiger partial charge in [0.15, 0.2) is 4.67 Å². The van der Waals surface area contributed by atoms with Crippen LogP contribution >= 0.6 is 31.9 Å². The molecule has 0 saturated heterocycles. The van der Waals surface area contributed by atoms with Crippen LogP contribution in [0.5, 0.6) is 11.8 Å². The van der Waals surface area contributed by atoms with Crippen molar-refractivity contribution in [2.75, 3.05) is 0 Å². The summed E-state index contributed by atoms with van der Waals surface area (Å²) < 4.78 is 12.0. The van der Waals surface area contributed by atoms with Crippen molar-refractivity contribution in [3.8, 4) is 11.8 Å². The van der Waals surface area contributed by atoms with E-state index in [1.54, 1.807) is 0 Å². The summed E-state index contributed by atoms with van der Waals surface area (Å²) in [5.41, 5.74) is 0. The highest BCUT2D eigenvalue weighted by Crippen LogP contribution is 2.24. The van der Waals surface area contributed by atoms with Crippen molar-refractivity contribution < 1.29 is 9.15 Å². The predicted molar refractivity (Wildman–Crippen MR) is 58.4 cm³/mol. The lowest BCUT2D eigenvalue weighted by Crippen LogP contribution is -1.82. The summed E-state index contributed by atoms with van der Waals surface area (Å²) in [6, 6.07) is 7.41. The molecule has 0 amide bonds. The first-order chi connectivity index (χ1) is 6.74. The van der Waals surface area contributed by atoms with Gasteiger partial charge in [-0.15, -0.1) is 0 Å². The number of hydrogen-bond acceptors (Lipinski definition) is 3. The molecule has 1 aromatic carbocycles. The van der Waals surface area contributed by atoms with Crippen LogP contribution in [0.25, 0.3) is 0 Å².